The topological polar surface area (TPSA) is 89.3 Å². The molecule has 1 amide bonds. The number of carbonyl (C=O) groups is 1. The van der Waals surface area contributed by atoms with Crippen LogP contribution < -0.4 is 10.1 Å². The highest BCUT2D eigenvalue weighted by Gasteiger charge is 2.50. The summed E-state index contributed by atoms with van der Waals surface area (Å²) in [5.41, 5.74) is 2.32. The molecule has 3 atom stereocenters. The Labute approximate surface area is 158 Å². The van der Waals surface area contributed by atoms with Crippen molar-refractivity contribution >= 4 is 5.91 Å². The Balaban J connectivity index is 1.71. The molecule has 1 fully saturated rings. The molecule has 0 unspecified atom stereocenters. The lowest BCUT2D eigenvalue weighted by Crippen LogP contribution is -2.46. The number of ether oxygens (including phenoxy) is 1. The summed E-state index contributed by atoms with van der Waals surface area (Å²) in [5.74, 6) is 2.19. The summed E-state index contributed by atoms with van der Waals surface area (Å²) in [5, 5.41) is 17.3. The fourth-order valence-electron chi connectivity index (χ4n) is 3.88. The van der Waals surface area contributed by atoms with Crippen LogP contribution >= 0.6 is 0 Å². The summed E-state index contributed by atoms with van der Waals surface area (Å²) >= 11 is 0. The zero-order valence-electron chi connectivity index (χ0n) is 16.2. The number of nitrogens with zero attached hydrogens (tertiary/aromatic N) is 3. The van der Waals surface area contributed by atoms with Gasteiger partial charge in [0.1, 0.15) is 5.75 Å². The zero-order chi connectivity index (χ0) is 19.3. The maximum Gasteiger partial charge on any atom is 0.272 e. The van der Waals surface area contributed by atoms with Gasteiger partial charge < -0.3 is 15.2 Å². The fraction of sp³-hybridized carbons (Fsp3) is 0.550. The smallest absolute Gasteiger partial charge is 0.272 e. The van der Waals surface area contributed by atoms with Gasteiger partial charge in [-0.15, -0.1) is 0 Å². The van der Waals surface area contributed by atoms with Crippen molar-refractivity contribution in [1.29, 1.82) is 0 Å². The molecule has 4 rings (SSSR count). The van der Waals surface area contributed by atoms with Crippen molar-refractivity contribution < 1.29 is 14.6 Å². The minimum atomic E-state index is -0.336. The Morgan fingerprint density at radius 1 is 1.48 bits per heavy atom. The van der Waals surface area contributed by atoms with Gasteiger partial charge in [0.25, 0.3) is 5.91 Å². The molecule has 2 N–H and O–H groups in total. The summed E-state index contributed by atoms with van der Waals surface area (Å²) in [7, 11) is 1.62. The summed E-state index contributed by atoms with van der Waals surface area (Å²) in [6.07, 6.45) is 3.71. The van der Waals surface area contributed by atoms with Gasteiger partial charge in [-0.2, -0.15) is 5.10 Å². The second-order valence-electron chi connectivity index (χ2n) is 8.56. The van der Waals surface area contributed by atoms with Crippen LogP contribution in [0.3, 0.4) is 0 Å². The Morgan fingerprint density at radius 2 is 2.26 bits per heavy atom. The first-order valence-corrected chi connectivity index (χ1v) is 9.37. The molecule has 2 aliphatic carbocycles. The average molecular weight is 370 g/mol. The number of hydrogen-bond acceptors (Lipinski definition) is 5. The fourth-order valence-corrected chi connectivity index (χ4v) is 3.88. The molecule has 0 bridgehead atoms. The van der Waals surface area contributed by atoms with Crippen molar-refractivity contribution in [1.82, 2.24) is 20.1 Å². The van der Waals surface area contributed by atoms with Crippen LogP contribution in [0.15, 0.2) is 18.3 Å². The average Bonchev–Trinajstić information content (AvgIpc) is 3.14. The van der Waals surface area contributed by atoms with Crippen molar-refractivity contribution in [2.24, 2.45) is 11.3 Å². The van der Waals surface area contributed by atoms with Gasteiger partial charge in [0.2, 0.25) is 0 Å². The molecule has 0 spiro atoms. The van der Waals surface area contributed by atoms with Crippen molar-refractivity contribution in [3.63, 3.8) is 0 Å². The lowest BCUT2D eigenvalue weighted by Gasteiger charge is -2.29. The first kappa shape index (κ1) is 18.0. The molecular weight excluding hydrogens is 344 g/mol. The molecule has 27 heavy (non-hydrogen) atoms. The predicted octanol–water partition coefficient (Wildman–Crippen LogP) is 2.07. The van der Waals surface area contributed by atoms with Crippen molar-refractivity contribution in [3.05, 3.63) is 35.3 Å². The molecular formula is C20H26N4O3. The summed E-state index contributed by atoms with van der Waals surface area (Å²) in [6.45, 7) is 5.87. The van der Waals surface area contributed by atoms with Gasteiger partial charge in [-0.1, -0.05) is 20.8 Å². The third-order valence-electron chi connectivity index (χ3n) is 5.68. The molecule has 0 saturated heterocycles. The van der Waals surface area contributed by atoms with Crippen LogP contribution in [0.1, 0.15) is 54.9 Å². The lowest BCUT2D eigenvalue weighted by molar-refractivity contribution is 0.0841. The quantitative estimate of drug-likeness (QED) is 0.841. The van der Waals surface area contributed by atoms with Crippen molar-refractivity contribution in [2.45, 2.75) is 45.6 Å². The van der Waals surface area contributed by atoms with Crippen molar-refractivity contribution in [2.75, 3.05) is 13.7 Å². The van der Waals surface area contributed by atoms with E-state index in [1.165, 1.54) is 0 Å². The monoisotopic (exact) mass is 370 g/mol. The molecule has 0 aliphatic heterocycles. The minimum Gasteiger partial charge on any atom is -0.497 e. The van der Waals surface area contributed by atoms with E-state index in [0.29, 0.717) is 29.1 Å². The largest absolute Gasteiger partial charge is 0.497 e. The van der Waals surface area contributed by atoms with Gasteiger partial charge >= 0.3 is 0 Å². The van der Waals surface area contributed by atoms with Crippen LogP contribution in [-0.4, -0.2) is 45.5 Å². The van der Waals surface area contributed by atoms with Crippen LogP contribution in [0.5, 0.6) is 5.75 Å². The van der Waals surface area contributed by atoms with Crippen molar-refractivity contribution in [3.8, 4) is 11.6 Å². The summed E-state index contributed by atoms with van der Waals surface area (Å²) in [6, 6.07) is 3.28. The van der Waals surface area contributed by atoms with Gasteiger partial charge in [0, 0.05) is 23.7 Å². The second kappa shape index (κ2) is 6.34. The first-order chi connectivity index (χ1) is 12.8. The highest BCUT2D eigenvalue weighted by atomic mass is 16.5. The van der Waals surface area contributed by atoms with Gasteiger partial charge in [0.05, 0.1) is 25.5 Å². The summed E-state index contributed by atoms with van der Waals surface area (Å²) < 4.78 is 7.10. The number of methoxy groups -OCH3 is 1. The number of nitrogens with one attached hydrogen (secondary N) is 1. The number of carbonyl (C=O) groups excluding carboxylic acids is 1. The van der Waals surface area contributed by atoms with Crippen LogP contribution in [0.25, 0.3) is 5.82 Å². The molecule has 7 nitrogen and oxygen atoms in total. The number of aliphatic hydroxyl groups excluding tert-OH is 1. The van der Waals surface area contributed by atoms with Gasteiger partial charge in [-0.25, -0.2) is 9.67 Å². The zero-order valence-corrected chi connectivity index (χ0v) is 16.2. The van der Waals surface area contributed by atoms with E-state index in [1.807, 2.05) is 26.8 Å². The molecule has 2 aromatic heterocycles. The maximum atomic E-state index is 13.0. The lowest BCUT2D eigenvalue weighted by atomic mass is 9.87. The SMILES string of the molecule is COc1ccnc(-n2nc(C(=O)N[C@H](CO)C(C)(C)C)c3c2[C@@H]2C[C@@H]2C3)c1. The third kappa shape index (κ3) is 3.10. The number of rotatable bonds is 5. The molecule has 2 aliphatic rings. The van der Waals surface area contributed by atoms with Gasteiger partial charge in [-0.05, 0) is 30.2 Å². The maximum absolute atomic E-state index is 13.0. The molecule has 0 aromatic carbocycles. The summed E-state index contributed by atoms with van der Waals surface area (Å²) in [4.78, 5) is 17.4. The molecule has 1 saturated carbocycles. The van der Waals surface area contributed by atoms with E-state index in [1.54, 1.807) is 24.1 Å². The molecule has 7 heteroatoms. The van der Waals surface area contributed by atoms with E-state index in [2.05, 4.69) is 15.4 Å². The number of hydrogen-bond donors (Lipinski definition) is 2. The van der Waals surface area contributed by atoms with E-state index in [9.17, 15) is 9.90 Å². The van der Waals surface area contributed by atoms with Crippen LogP contribution in [0.2, 0.25) is 0 Å². The van der Waals surface area contributed by atoms with E-state index in [-0.39, 0.29) is 24.0 Å². The number of aliphatic hydroxyl groups is 1. The Bertz CT molecular complexity index is 884. The normalized spacial score (nSPS) is 21.4. The molecule has 2 aromatic rings. The molecule has 0 radical (unpaired) electrons. The van der Waals surface area contributed by atoms with E-state index in [4.69, 9.17) is 4.74 Å². The Hall–Kier alpha value is -2.41. The predicted molar refractivity (Wildman–Crippen MR) is 100 cm³/mol. The highest BCUT2D eigenvalue weighted by molar-refractivity contribution is 5.94. The van der Waals surface area contributed by atoms with E-state index < -0.39 is 0 Å². The van der Waals surface area contributed by atoms with Crippen LogP contribution in [-0.2, 0) is 6.42 Å². The van der Waals surface area contributed by atoms with E-state index >= 15 is 0 Å². The Kier molecular flexibility index (Phi) is 4.22. The minimum absolute atomic E-state index is 0.110. The number of amides is 1. The van der Waals surface area contributed by atoms with Crippen LogP contribution in [0, 0.1) is 11.3 Å². The third-order valence-corrected chi connectivity index (χ3v) is 5.68. The second-order valence-corrected chi connectivity index (χ2v) is 8.56. The highest BCUT2D eigenvalue weighted by Crippen LogP contribution is 2.57. The first-order valence-electron chi connectivity index (χ1n) is 9.37. The Morgan fingerprint density at radius 3 is 2.93 bits per heavy atom. The molecule has 2 heterocycles. The van der Waals surface area contributed by atoms with Crippen LogP contribution in [0.4, 0.5) is 0 Å². The number of fused-ring (bicyclic) bond motifs is 3. The number of pyridine rings is 1. The number of aromatic nitrogens is 3. The molecule has 144 valence electrons. The van der Waals surface area contributed by atoms with Gasteiger partial charge in [0.15, 0.2) is 11.5 Å². The van der Waals surface area contributed by atoms with Gasteiger partial charge in [-0.3, -0.25) is 4.79 Å². The van der Waals surface area contributed by atoms with E-state index in [0.717, 1.165) is 24.1 Å². The standard InChI is InChI=1S/C20H26N4O3/c1-20(2,3)15(10-25)22-19(26)17-14-8-11-7-13(11)18(14)24(23-17)16-9-12(27-4)5-6-21-16/h5-6,9,11,13,15,25H,7-8,10H2,1-4H3,(H,22,26)/t11-,13-,15-/m1/s1.